The third-order valence-electron chi connectivity index (χ3n) is 3.47. The van der Waals surface area contributed by atoms with E-state index in [-0.39, 0.29) is 0 Å². The minimum Gasteiger partial charge on any atom is -0.246 e. The van der Waals surface area contributed by atoms with Crippen LogP contribution in [0.2, 0.25) is 0 Å². The molecule has 0 aromatic carbocycles. The first-order valence-electron chi connectivity index (χ1n) is 5.76. The number of nitrogens with zero attached hydrogens (tertiary/aromatic N) is 1. The summed E-state index contributed by atoms with van der Waals surface area (Å²) in [7, 11) is 0. The molecule has 3 heteroatoms. The van der Waals surface area contributed by atoms with Crippen LogP contribution in [0.3, 0.4) is 0 Å². The van der Waals surface area contributed by atoms with Crippen molar-refractivity contribution >= 4 is 22.9 Å². The normalized spacial score (nSPS) is 31.8. The summed E-state index contributed by atoms with van der Waals surface area (Å²) in [5.41, 5.74) is 1.29. The van der Waals surface area contributed by atoms with Crippen molar-refractivity contribution in [2.24, 2.45) is 5.92 Å². The molecular formula is C12H18ClNS. The molecule has 3 atom stereocenters. The molecule has 2 rings (SSSR count). The van der Waals surface area contributed by atoms with E-state index >= 15 is 0 Å². The van der Waals surface area contributed by atoms with Crippen LogP contribution < -0.4 is 0 Å². The number of aromatic nitrogens is 1. The number of thiazole rings is 1. The SMILES string of the molecule is CCC1CCC(Cl)CC1c1csc(C)n1. The first-order chi connectivity index (χ1) is 7.20. The van der Waals surface area contributed by atoms with Gasteiger partial charge in [0.15, 0.2) is 0 Å². The number of halogens is 1. The largest absolute Gasteiger partial charge is 0.246 e. The fourth-order valence-corrected chi connectivity index (χ4v) is 3.58. The fraction of sp³-hybridized carbons (Fsp3) is 0.750. The third-order valence-corrected chi connectivity index (χ3v) is 4.66. The predicted molar refractivity (Wildman–Crippen MR) is 66.9 cm³/mol. The molecule has 1 aliphatic rings. The van der Waals surface area contributed by atoms with Crippen LogP contribution in [0.15, 0.2) is 5.38 Å². The summed E-state index contributed by atoms with van der Waals surface area (Å²) in [5, 5.41) is 3.76. The molecule has 1 nitrogen and oxygen atoms in total. The molecular weight excluding hydrogens is 226 g/mol. The molecule has 84 valence electrons. The summed E-state index contributed by atoms with van der Waals surface area (Å²) in [5.74, 6) is 1.40. The van der Waals surface area contributed by atoms with E-state index in [9.17, 15) is 0 Å². The molecule has 0 saturated heterocycles. The van der Waals surface area contributed by atoms with Gasteiger partial charge in [0, 0.05) is 16.7 Å². The molecule has 3 unspecified atom stereocenters. The van der Waals surface area contributed by atoms with Gasteiger partial charge in [0.05, 0.1) is 10.7 Å². The Hall–Kier alpha value is -0.0800. The smallest absolute Gasteiger partial charge is 0.0897 e. The van der Waals surface area contributed by atoms with Crippen LogP contribution in [0.4, 0.5) is 0 Å². The molecule has 15 heavy (non-hydrogen) atoms. The Labute approximate surface area is 101 Å². The lowest BCUT2D eigenvalue weighted by atomic mass is 9.76. The molecule has 0 N–H and O–H groups in total. The van der Waals surface area contributed by atoms with Gasteiger partial charge in [0.1, 0.15) is 0 Å². The van der Waals surface area contributed by atoms with Gasteiger partial charge in [0.2, 0.25) is 0 Å². The maximum atomic E-state index is 6.27. The van der Waals surface area contributed by atoms with Crippen LogP contribution in [-0.4, -0.2) is 10.4 Å². The van der Waals surface area contributed by atoms with Gasteiger partial charge in [-0.2, -0.15) is 0 Å². The molecule has 0 spiro atoms. The zero-order valence-corrected chi connectivity index (χ0v) is 10.9. The van der Waals surface area contributed by atoms with Gasteiger partial charge in [-0.25, -0.2) is 4.98 Å². The Morgan fingerprint density at radius 2 is 2.33 bits per heavy atom. The summed E-state index contributed by atoms with van der Waals surface area (Å²) < 4.78 is 0. The highest BCUT2D eigenvalue weighted by molar-refractivity contribution is 7.09. The van der Waals surface area contributed by atoms with E-state index < -0.39 is 0 Å². The molecule has 1 aromatic rings. The Bertz CT molecular complexity index is 323. The maximum Gasteiger partial charge on any atom is 0.0897 e. The van der Waals surface area contributed by atoms with Crippen molar-refractivity contribution in [1.82, 2.24) is 4.98 Å². The number of hydrogen-bond donors (Lipinski definition) is 0. The van der Waals surface area contributed by atoms with E-state index in [1.54, 1.807) is 11.3 Å². The molecule has 1 fully saturated rings. The highest BCUT2D eigenvalue weighted by atomic mass is 35.5. The number of alkyl halides is 1. The highest BCUT2D eigenvalue weighted by Crippen LogP contribution is 2.41. The number of aryl methyl sites for hydroxylation is 1. The Morgan fingerprint density at radius 3 is 2.93 bits per heavy atom. The van der Waals surface area contributed by atoms with Gasteiger partial charge < -0.3 is 0 Å². The van der Waals surface area contributed by atoms with Gasteiger partial charge in [-0.05, 0) is 32.1 Å². The monoisotopic (exact) mass is 243 g/mol. The average molecular weight is 244 g/mol. The summed E-state index contributed by atoms with van der Waals surface area (Å²) >= 11 is 8.02. The van der Waals surface area contributed by atoms with E-state index in [0.29, 0.717) is 11.3 Å². The van der Waals surface area contributed by atoms with E-state index in [4.69, 9.17) is 11.6 Å². The summed E-state index contributed by atoms with van der Waals surface area (Å²) in [4.78, 5) is 4.63. The molecule has 0 aliphatic heterocycles. The molecule has 0 radical (unpaired) electrons. The van der Waals surface area contributed by atoms with Crippen molar-refractivity contribution in [3.8, 4) is 0 Å². The van der Waals surface area contributed by atoms with Crippen LogP contribution in [-0.2, 0) is 0 Å². The summed E-state index contributed by atoms with van der Waals surface area (Å²) in [6.07, 6.45) is 4.82. The van der Waals surface area contributed by atoms with Crippen LogP contribution in [0, 0.1) is 12.8 Å². The topological polar surface area (TPSA) is 12.9 Å². The van der Waals surface area contributed by atoms with Crippen LogP contribution in [0.25, 0.3) is 0 Å². The lowest BCUT2D eigenvalue weighted by molar-refractivity contribution is 0.299. The van der Waals surface area contributed by atoms with Crippen molar-refractivity contribution in [2.45, 2.75) is 50.8 Å². The Balaban J connectivity index is 2.16. The average Bonchev–Trinajstić information content (AvgIpc) is 2.65. The highest BCUT2D eigenvalue weighted by Gasteiger charge is 2.30. The van der Waals surface area contributed by atoms with Crippen molar-refractivity contribution in [3.63, 3.8) is 0 Å². The minimum absolute atomic E-state index is 0.361. The fourth-order valence-electron chi connectivity index (χ4n) is 2.58. The zero-order chi connectivity index (χ0) is 10.8. The van der Waals surface area contributed by atoms with Gasteiger partial charge in [-0.3, -0.25) is 0 Å². The van der Waals surface area contributed by atoms with E-state index in [0.717, 1.165) is 12.3 Å². The van der Waals surface area contributed by atoms with Gasteiger partial charge in [-0.15, -0.1) is 22.9 Å². The quantitative estimate of drug-likeness (QED) is 0.704. The lowest BCUT2D eigenvalue weighted by Gasteiger charge is -2.32. The second-order valence-electron chi connectivity index (χ2n) is 4.48. The van der Waals surface area contributed by atoms with Crippen LogP contribution >= 0.6 is 22.9 Å². The van der Waals surface area contributed by atoms with Crippen LogP contribution in [0.1, 0.15) is 49.2 Å². The molecule has 0 amide bonds. The van der Waals surface area contributed by atoms with Crippen molar-refractivity contribution in [3.05, 3.63) is 16.1 Å². The van der Waals surface area contributed by atoms with Gasteiger partial charge >= 0.3 is 0 Å². The van der Waals surface area contributed by atoms with Gasteiger partial charge in [-0.1, -0.05) is 13.3 Å². The zero-order valence-electron chi connectivity index (χ0n) is 9.37. The Morgan fingerprint density at radius 1 is 1.53 bits per heavy atom. The number of rotatable bonds is 2. The molecule has 1 aliphatic carbocycles. The lowest BCUT2D eigenvalue weighted by Crippen LogP contribution is -2.23. The van der Waals surface area contributed by atoms with E-state index in [1.165, 1.54) is 30.0 Å². The van der Waals surface area contributed by atoms with Crippen molar-refractivity contribution in [1.29, 1.82) is 0 Å². The Kier molecular flexibility index (Phi) is 3.68. The third kappa shape index (κ3) is 2.54. The second kappa shape index (κ2) is 4.84. The molecule has 1 heterocycles. The van der Waals surface area contributed by atoms with Crippen LogP contribution in [0.5, 0.6) is 0 Å². The molecule has 1 saturated carbocycles. The van der Waals surface area contributed by atoms with Crippen molar-refractivity contribution in [2.75, 3.05) is 0 Å². The van der Waals surface area contributed by atoms with E-state index in [1.807, 2.05) is 0 Å². The standard InChI is InChI=1S/C12H18ClNS/c1-3-9-4-5-10(13)6-11(9)12-7-15-8(2)14-12/h7,9-11H,3-6H2,1-2H3. The number of hydrogen-bond acceptors (Lipinski definition) is 2. The molecule has 0 bridgehead atoms. The van der Waals surface area contributed by atoms with Crippen molar-refractivity contribution < 1.29 is 0 Å². The maximum absolute atomic E-state index is 6.27. The molecule has 1 aromatic heterocycles. The van der Waals surface area contributed by atoms with Gasteiger partial charge in [0.25, 0.3) is 0 Å². The summed E-state index contributed by atoms with van der Waals surface area (Å²) in [6, 6.07) is 0. The predicted octanol–water partition coefficient (Wildman–Crippen LogP) is 4.35. The second-order valence-corrected chi connectivity index (χ2v) is 6.16. The first-order valence-corrected chi connectivity index (χ1v) is 7.08. The summed E-state index contributed by atoms with van der Waals surface area (Å²) in [6.45, 7) is 4.36. The first kappa shape index (κ1) is 11.4. The minimum atomic E-state index is 0.361. The van der Waals surface area contributed by atoms with E-state index in [2.05, 4.69) is 24.2 Å².